The fourth-order valence-electron chi connectivity index (χ4n) is 4.38. The smallest absolute Gasteiger partial charge is 0.259 e. The van der Waals surface area contributed by atoms with Crippen molar-refractivity contribution in [1.82, 2.24) is 34.8 Å². The van der Waals surface area contributed by atoms with Gasteiger partial charge in [0.05, 0.1) is 6.54 Å². The van der Waals surface area contributed by atoms with Gasteiger partial charge in [0.15, 0.2) is 11.0 Å². The molecule has 3 aromatic heterocycles. The van der Waals surface area contributed by atoms with Gasteiger partial charge in [-0.15, -0.1) is 0 Å². The lowest BCUT2D eigenvalue weighted by molar-refractivity contribution is -0.134. The number of fused-ring (bicyclic) bond motifs is 1. The molecule has 1 saturated heterocycles. The topological polar surface area (TPSA) is 132 Å². The number of carbonyl (C=O) groups excluding carboxylic acids is 2. The molecule has 1 aliphatic heterocycles. The highest BCUT2D eigenvalue weighted by Crippen LogP contribution is 2.29. The number of H-pyrrole nitrogens is 1. The van der Waals surface area contributed by atoms with E-state index in [1.54, 1.807) is 17.0 Å². The number of anilines is 3. The van der Waals surface area contributed by atoms with Crippen LogP contribution in [0.3, 0.4) is 0 Å². The Morgan fingerprint density at radius 2 is 1.95 bits per heavy atom. The quantitative estimate of drug-likeness (QED) is 0.253. The first-order chi connectivity index (χ1) is 19.0. The van der Waals surface area contributed by atoms with Crippen LogP contribution in [0.4, 0.5) is 21.8 Å². The van der Waals surface area contributed by atoms with Gasteiger partial charge in [-0.2, -0.15) is 10.1 Å². The van der Waals surface area contributed by atoms with Crippen LogP contribution < -0.4 is 16.0 Å². The zero-order chi connectivity index (χ0) is 28.5. The van der Waals surface area contributed by atoms with E-state index in [1.165, 1.54) is 11.8 Å². The molecule has 0 bridgehead atoms. The predicted octanol–water partition coefficient (Wildman–Crippen LogP) is 3.92. The molecule has 1 unspecified atom stereocenters. The average Bonchev–Trinajstić information content (AvgIpc) is 3.60. The highest BCUT2D eigenvalue weighted by Gasteiger charge is 2.46. The van der Waals surface area contributed by atoms with Crippen LogP contribution in [0.25, 0.3) is 5.65 Å². The third kappa shape index (κ3) is 6.59. The minimum absolute atomic E-state index is 0.00143. The molecular formula is C27H32FN9O2S. The Kier molecular flexibility index (Phi) is 7.51. The first kappa shape index (κ1) is 27.6. The van der Waals surface area contributed by atoms with Crippen LogP contribution in [0, 0.1) is 6.92 Å². The number of nitrogens with zero attached hydrogens (tertiary/aromatic N) is 5. The molecular weight excluding hydrogens is 533 g/mol. The summed E-state index contributed by atoms with van der Waals surface area (Å²) in [7, 11) is 0. The number of hydrogen-bond donors (Lipinski definition) is 4. The number of rotatable bonds is 8. The number of benzene rings is 1. The van der Waals surface area contributed by atoms with E-state index in [1.807, 2.05) is 68.6 Å². The summed E-state index contributed by atoms with van der Waals surface area (Å²) in [4.78, 5) is 36.8. The Balaban J connectivity index is 1.18. The zero-order valence-electron chi connectivity index (χ0n) is 22.8. The monoisotopic (exact) mass is 565 g/mol. The molecule has 5 rings (SSSR count). The number of alkyl halides is 1. The summed E-state index contributed by atoms with van der Waals surface area (Å²) >= 11 is 1.39. The van der Waals surface area contributed by atoms with E-state index in [-0.39, 0.29) is 25.4 Å². The van der Waals surface area contributed by atoms with E-state index in [4.69, 9.17) is 0 Å². The number of halogens is 1. The first-order valence-electron chi connectivity index (χ1n) is 12.9. The lowest BCUT2D eigenvalue weighted by Crippen LogP contribution is -2.52. The number of aryl methyl sites for hydroxylation is 1. The molecule has 4 aromatic rings. The fraction of sp³-hybridized carbons (Fsp3) is 0.370. The summed E-state index contributed by atoms with van der Waals surface area (Å²) in [5.74, 6) is 0.340. The van der Waals surface area contributed by atoms with Crippen LogP contribution >= 0.6 is 11.8 Å². The van der Waals surface area contributed by atoms with Crippen molar-refractivity contribution in [3.05, 3.63) is 54.4 Å². The molecule has 1 aliphatic rings. The second kappa shape index (κ2) is 10.9. The van der Waals surface area contributed by atoms with Crippen molar-refractivity contribution in [2.45, 2.75) is 55.4 Å². The van der Waals surface area contributed by atoms with Crippen molar-refractivity contribution in [3.63, 3.8) is 0 Å². The molecule has 2 amide bonds. The maximum Gasteiger partial charge on any atom is 0.259 e. The highest BCUT2D eigenvalue weighted by molar-refractivity contribution is 7.99. The Bertz CT molecular complexity index is 1530. The molecule has 0 saturated carbocycles. The molecule has 0 aliphatic carbocycles. The van der Waals surface area contributed by atoms with Gasteiger partial charge in [-0.3, -0.25) is 24.0 Å². The van der Waals surface area contributed by atoms with Gasteiger partial charge in [-0.25, -0.2) is 9.37 Å². The van der Waals surface area contributed by atoms with Crippen LogP contribution in [0.1, 0.15) is 32.9 Å². The first-order valence-corrected chi connectivity index (χ1v) is 13.7. The van der Waals surface area contributed by atoms with Crippen LogP contribution in [0.2, 0.25) is 0 Å². The molecule has 0 spiro atoms. The fourth-order valence-corrected chi connectivity index (χ4v) is 5.13. The molecule has 1 fully saturated rings. The van der Waals surface area contributed by atoms with Gasteiger partial charge in [0.1, 0.15) is 5.65 Å². The van der Waals surface area contributed by atoms with Crippen molar-refractivity contribution in [3.8, 4) is 0 Å². The Morgan fingerprint density at radius 3 is 2.65 bits per heavy atom. The minimum Gasteiger partial charge on any atom is -0.349 e. The Hall–Kier alpha value is -3.97. The van der Waals surface area contributed by atoms with Crippen LogP contribution in [-0.2, 0) is 9.59 Å². The van der Waals surface area contributed by atoms with Crippen molar-refractivity contribution in [2.75, 3.05) is 30.3 Å². The van der Waals surface area contributed by atoms with Gasteiger partial charge in [-0.05, 0) is 75.9 Å². The maximum atomic E-state index is 15.2. The average molecular weight is 566 g/mol. The van der Waals surface area contributed by atoms with E-state index < -0.39 is 17.1 Å². The zero-order valence-corrected chi connectivity index (χ0v) is 23.6. The number of amides is 2. The third-order valence-corrected chi connectivity index (χ3v) is 7.09. The van der Waals surface area contributed by atoms with Crippen LogP contribution in [0.5, 0.6) is 0 Å². The van der Waals surface area contributed by atoms with Gasteiger partial charge in [0, 0.05) is 53.6 Å². The van der Waals surface area contributed by atoms with Crippen molar-refractivity contribution < 1.29 is 14.0 Å². The predicted molar refractivity (Wildman–Crippen MR) is 152 cm³/mol. The van der Waals surface area contributed by atoms with E-state index in [9.17, 15) is 9.59 Å². The summed E-state index contributed by atoms with van der Waals surface area (Å²) in [6.45, 7) is 7.58. The van der Waals surface area contributed by atoms with Gasteiger partial charge in [0.2, 0.25) is 17.5 Å². The number of hydrogen-bond acceptors (Lipinski definition) is 8. The van der Waals surface area contributed by atoms with Crippen molar-refractivity contribution >= 4 is 46.7 Å². The van der Waals surface area contributed by atoms with E-state index >= 15 is 4.39 Å². The van der Waals surface area contributed by atoms with Crippen LogP contribution in [-0.4, -0.2) is 72.1 Å². The number of nitrogens with one attached hydrogen (secondary N) is 4. The standard InChI is InChI=1S/C27H32FN9O2S/c1-17-14-20(35-34-17)30-24-32-25(31-21-6-5-12-37(21)24)40-19-9-7-18(8-10-19)29-22(38)15-36-13-11-27(28,16-36)23(39)33-26(2,3)4/h5-10,12,14H,11,13,15-16H2,1-4H3,(H,29,38)(H,33,39)(H2,30,31,32,34,35). The molecule has 1 aromatic carbocycles. The van der Waals surface area contributed by atoms with Crippen LogP contribution in [0.15, 0.2) is 58.7 Å². The number of aromatic nitrogens is 5. The summed E-state index contributed by atoms with van der Waals surface area (Å²) in [5.41, 5.74) is -0.228. The summed E-state index contributed by atoms with van der Waals surface area (Å²) in [5, 5.41) is 16.4. The second-order valence-electron chi connectivity index (χ2n) is 10.9. The Labute approximate surface area is 235 Å². The SMILES string of the molecule is Cc1cc(Nc2nc(Sc3ccc(NC(=O)CN4CCC(F)(C(=O)NC(C)(C)C)C4)cc3)nc3cccn23)n[nH]1. The lowest BCUT2D eigenvalue weighted by atomic mass is 10.0. The maximum absolute atomic E-state index is 15.2. The second-order valence-corrected chi connectivity index (χ2v) is 12.0. The van der Waals surface area contributed by atoms with E-state index in [2.05, 4.69) is 36.1 Å². The number of likely N-dealkylation sites (tertiary alicyclic amines) is 1. The van der Waals surface area contributed by atoms with E-state index in [0.29, 0.717) is 29.2 Å². The van der Waals surface area contributed by atoms with Crippen molar-refractivity contribution in [1.29, 1.82) is 0 Å². The molecule has 4 N–H and O–H groups in total. The largest absolute Gasteiger partial charge is 0.349 e. The minimum atomic E-state index is -2.00. The Morgan fingerprint density at radius 1 is 1.18 bits per heavy atom. The van der Waals surface area contributed by atoms with Gasteiger partial charge < -0.3 is 16.0 Å². The van der Waals surface area contributed by atoms with E-state index in [0.717, 1.165) is 16.2 Å². The van der Waals surface area contributed by atoms with Crippen molar-refractivity contribution in [2.24, 2.45) is 0 Å². The summed E-state index contributed by atoms with van der Waals surface area (Å²) in [6.07, 6.45) is 1.93. The molecule has 4 heterocycles. The molecule has 0 radical (unpaired) electrons. The van der Waals surface area contributed by atoms with Gasteiger partial charge in [0.25, 0.3) is 5.91 Å². The van der Waals surface area contributed by atoms with Gasteiger partial charge >= 0.3 is 0 Å². The highest BCUT2D eigenvalue weighted by atomic mass is 32.2. The van der Waals surface area contributed by atoms with Gasteiger partial charge in [-0.1, -0.05) is 0 Å². The molecule has 1 atom stereocenters. The molecule has 210 valence electrons. The number of carbonyl (C=O) groups is 2. The normalized spacial score (nSPS) is 17.7. The number of aromatic amines is 1. The third-order valence-electron chi connectivity index (χ3n) is 6.22. The lowest BCUT2D eigenvalue weighted by Gasteiger charge is -2.26. The molecule has 13 heteroatoms. The molecule has 11 nitrogen and oxygen atoms in total. The molecule has 40 heavy (non-hydrogen) atoms. The summed E-state index contributed by atoms with van der Waals surface area (Å²) < 4.78 is 17.0. The summed E-state index contributed by atoms with van der Waals surface area (Å²) in [6, 6.07) is 13.0.